The normalized spacial score (nSPS) is 10.2. The maximum Gasteiger partial charge on any atom is 0.178 e. The molecule has 2 aromatic rings. The summed E-state index contributed by atoms with van der Waals surface area (Å²) in [6.07, 6.45) is 5.46. The Morgan fingerprint density at radius 3 is 3.19 bits per heavy atom. The highest BCUT2D eigenvalue weighted by Crippen LogP contribution is 2.14. The predicted octanol–water partition coefficient (Wildman–Crippen LogP) is 1.81. The third-order valence-electron chi connectivity index (χ3n) is 2.36. The molecule has 0 radical (unpaired) electrons. The van der Waals surface area contributed by atoms with Crippen molar-refractivity contribution in [2.75, 3.05) is 11.9 Å². The van der Waals surface area contributed by atoms with Crippen molar-refractivity contribution in [1.82, 2.24) is 14.6 Å². The number of imidazole rings is 1. The minimum atomic E-state index is 0.453. The van der Waals surface area contributed by atoms with Crippen molar-refractivity contribution in [2.45, 2.75) is 19.8 Å². The van der Waals surface area contributed by atoms with Crippen molar-refractivity contribution in [1.29, 1.82) is 5.26 Å². The lowest BCUT2D eigenvalue weighted by molar-refractivity contribution is 0.832. The Kier molecular flexibility index (Phi) is 3.01. The third kappa shape index (κ3) is 1.82. The van der Waals surface area contributed by atoms with Crippen LogP contribution in [0.2, 0.25) is 0 Å². The molecule has 0 amide bonds. The number of nitrogens with zero attached hydrogens (tertiary/aromatic N) is 4. The van der Waals surface area contributed by atoms with E-state index in [0.717, 1.165) is 25.1 Å². The summed E-state index contributed by atoms with van der Waals surface area (Å²) in [6.45, 7) is 3.05. The Morgan fingerprint density at radius 1 is 1.56 bits per heavy atom. The second-order valence-electron chi connectivity index (χ2n) is 3.52. The van der Waals surface area contributed by atoms with E-state index in [4.69, 9.17) is 5.26 Å². The quantitative estimate of drug-likeness (QED) is 0.790. The van der Waals surface area contributed by atoms with Crippen molar-refractivity contribution in [3.63, 3.8) is 0 Å². The van der Waals surface area contributed by atoms with E-state index in [-0.39, 0.29) is 0 Å². The van der Waals surface area contributed by atoms with Crippen LogP contribution >= 0.6 is 0 Å². The molecule has 0 bridgehead atoms. The first-order valence-electron chi connectivity index (χ1n) is 5.33. The standard InChI is InChI=1S/C11H13N5/c1-2-3-5-13-10-4-6-15-16-9(7-12)8-14-11(10)16/h4,6,8,13H,2-3,5H2,1H3. The monoisotopic (exact) mass is 215 g/mol. The van der Waals surface area contributed by atoms with Gasteiger partial charge in [0.15, 0.2) is 11.3 Å². The maximum atomic E-state index is 8.86. The third-order valence-corrected chi connectivity index (χ3v) is 2.36. The molecule has 2 rings (SSSR count). The zero-order valence-electron chi connectivity index (χ0n) is 9.14. The molecule has 5 heteroatoms. The van der Waals surface area contributed by atoms with Crippen LogP contribution in [0.3, 0.4) is 0 Å². The second-order valence-corrected chi connectivity index (χ2v) is 3.52. The van der Waals surface area contributed by atoms with Crippen LogP contribution in [0, 0.1) is 11.3 Å². The summed E-state index contributed by atoms with van der Waals surface area (Å²) in [5, 5.41) is 16.2. The number of rotatable bonds is 4. The highest BCUT2D eigenvalue weighted by Gasteiger charge is 2.06. The first kappa shape index (κ1) is 10.4. The van der Waals surface area contributed by atoms with Crippen LogP contribution in [0.25, 0.3) is 5.65 Å². The molecule has 0 aromatic carbocycles. The van der Waals surface area contributed by atoms with Gasteiger partial charge in [0.1, 0.15) is 6.07 Å². The van der Waals surface area contributed by atoms with Gasteiger partial charge in [-0.15, -0.1) is 0 Å². The van der Waals surface area contributed by atoms with Crippen molar-refractivity contribution in [3.05, 3.63) is 24.2 Å². The summed E-state index contributed by atoms with van der Waals surface area (Å²) < 4.78 is 1.55. The fourth-order valence-electron chi connectivity index (χ4n) is 1.51. The number of unbranched alkanes of at least 4 members (excludes halogenated alkanes) is 1. The molecule has 0 atom stereocenters. The topological polar surface area (TPSA) is 66.0 Å². The molecular weight excluding hydrogens is 202 g/mol. The van der Waals surface area contributed by atoms with Crippen LogP contribution in [0.1, 0.15) is 25.5 Å². The molecule has 5 nitrogen and oxygen atoms in total. The number of nitrogens with one attached hydrogen (secondary N) is 1. The van der Waals surface area contributed by atoms with E-state index in [1.807, 2.05) is 6.07 Å². The van der Waals surface area contributed by atoms with E-state index in [2.05, 4.69) is 28.4 Å². The summed E-state index contributed by atoms with van der Waals surface area (Å²) in [4.78, 5) is 4.18. The number of hydrogen-bond acceptors (Lipinski definition) is 4. The molecule has 0 saturated carbocycles. The Balaban J connectivity index is 2.32. The first-order chi connectivity index (χ1) is 7.86. The minimum absolute atomic E-state index is 0.453. The van der Waals surface area contributed by atoms with E-state index in [1.54, 1.807) is 10.7 Å². The van der Waals surface area contributed by atoms with E-state index >= 15 is 0 Å². The van der Waals surface area contributed by atoms with Crippen LogP contribution < -0.4 is 5.32 Å². The zero-order chi connectivity index (χ0) is 11.4. The van der Waals surface area contributed by atoms with Gasteiger partial charge in [0.05, 0.1) is 18.1 Å². The van der Waals surface area contributed by atoms with Gasteiger partial charge in [-0.2, -0.15) is 10.4 Å². The SMILES string of the molecule is CCCCNc1ccnn2c(C#N)cnc12. The molecule has 0 aliphatic carbocycles. The molecule has 0 fully saturated rings. The number of aromatic nitrogens is 3. The Bertz CT molecular complexity index is 523. The number of nitriles is 1. The van der Waals surface area contributed by atoms with E-state index in [0.29, 0.717) is 11.3 Å². The van der Waals surface area contributed by atoms with Crippen molar-refractivity contribution < 1.29 is 0 Å². The van der Waals surface area contributed by atoms with Gasteiger partial charge >= 0.3 is 0 Å². The fraction of sp³-hybridized carbons (Fsp3) is 0.364. The van der Waals surface area contributed by atoms with Gasteiger partial charge < -0.3 is 5.32 Å². The van der Waals surface area contributed by atoms with E-state index in [1.165, 1.54) is 6.20 Å². The summed E-state index contributed by atoms with van der Waals surface area (Å²) in [7, 11) is 0. The second kappa shape index (κ2) is 4.62. The number of fused-ring (bicyclic) bond motifs is 1. The van der Waals surface area contributed by atoms with Gasteiger partial charge in [-0.25, -0.2) is 9.50 Å². The van der Waals surface area contributed by atoms with Gasteiger partial charge in [0.25, 0.3) is 0 Å². The van der Waals surface area contributed by atoms with Crippen molar-refractivity contribution in [3.8, 4) is 6.07 Å². The van der Waals surface area contributed by atoms with Crippen LogP contribution in [-0.4, -0.2) is 21.1 Å². The van der Waals surface area contributed by atoms with Gasteiger partial charge in [-0.3, -0.25) is 0 Å². The van der Waals surface area contributed by atoms with Gasteiger partial charge in [0, 0.05) is 6.54 Å². The average molecular weight is 215 g/mol. The smallest absolute Gasteiger partial charge is 0.178 e. The Morgan fingerprint density at radius 2 is 2.44 bits per heavy atom. The van der Waals surface area contributed by atoms with Gasteiger partial charge in [-0.1, -0.05) is 13.3 Å². The summed E-state index contributed by atoms with van der Waals surface area (Å²) in [6, 6.07) is 3.93. The van der Waals surface area contributed by atoms with Crippen LogP contribution in [0.15, 0.2) is 18.5 Å². The molecule has 0 saturated heterocycles. The van der Waals surface area contributed by atoms with Gasteiger partial charge in [-0.05, 0) is 12.5 Å². The molecule has 0 unspecified atom stereocenters. The number of hydrogen-bond donors (Lipinski definition) is 1. The molecule has 0 aliphatic heterocycles. The van der Waals surface area contributed by atoms with Crippen molar-refractivity contribution >= 4 is 11.3 Å². The fourth-order valence-corrected chi connectivity index (χ4v) is 1.51. The minimum Gasteiger partial charge on any atom is -0.382 e. The van der Waals surface area contributed by atoms with Crippen LogP contribution in [0.5, 0.6) is 0 Å². The van der Waals surface area contributed by atoms with E-state index < -0.39 is 0 Å². The Labute approximate surface area is 93.7 Å². The summed E-state index contributed by atoms with van der Waals surface area (Å²) in [5.74, 6) is 0. The maximum absolute atomic E-state index is 8.86. The summed E-state index contributed by atoms with van der Waals surface area (Å²) >= 11 is 0. The lowest BCUT2D eigenvalue weighted by atomic mass is 10.3. The lowest BCUT2D eigenvalue weighted by Gasteiger charge is -2.05. The molecule has 2 heterocycles. The van der Waals surface area contributed by atoms with Crippen LogP contribution in [-0.2, 0) is 0 Å². The summed E-state index contributed by atoms with van der Waals surface area (Å²) in [5.41, 5.74) is 2.08. The molecular formula is C11H13N5. The molecule has 16 heavy (non-hydrogen) atoms. The van der Waals surface area contributed by atoms with Gasteiger partial charge in [0.2, 0.25) is 0 Å². The van der Waals surface area contributed by atoms with E-state index in [9.17, 15) is 0 Å². The first-order valence-corrected chi connectivity index (χ1v) is 5.33. The molecule has 1 N–H and O–H groups in total. The molecule has 82 valence electrons. The highest BCUT2D eigenvalue weighted by atomic mass is 15.3. The lowest BCUT2D eigenvalue weighted by Crippen LogP contribution is -2.04. The Hall–Kier alpha value is -2.09. The predicted molar refractivity (Wildman–Crippen MR) is 61.1 cm³/mol. The molecule has 2 aromatic heterocycles. The highest BCUT2D eigenvalue weighted by molar-refractivity contribution is 5.67. The zero-order valence-corrected chi connectivity index (χ0v) is 9.14. The molecule has 0 spiro atoms. The number of anilines is 1. The molecule has 0 aliphatic rings. The largest absolute Gasteiger partial charge is 0.382 e. The van der Waals surface area contributed by atoms with Crippen molar-refractivity contribution in [2.24, 2.45) is 0 Å². The van der Waals surface area contributed by atoms with Crippen LogP contribution in [0.4, 0.5) is 5.69 Å². The average Bonchev–Trinajstić information content (AvgIpc) is 2.73.